The molecule has 0 aliphatic carbocycles. The van der Waals surface area contributed by atoms with Crippen LogP contribution in [0.3, 0.4) is 0 Å². The summed E-state index contributed by atoms with van der Waals surface area (Å²) < 4.78 is 0. The minimum Gasteiger partial charge on any atom is -0.272 e. The molecule has 2 aromatic carbocycles. The van der Waals surface area contributed by atoms with E-state index >= 15 is 0 Å². The van der Waals surface area contributed by atoms with Gasteiger partial charge in [0.05, 0.1) is 10.2 Å². The molecule has 25 heavy (non-hydrogen) atoms. The number of nitrogens with zero attached hydrogens (tertiary/aromatic N) is 1. The third-order valence-electron chi connectivity index (χ3n) is 3.33. The maximum atomic E-state index is 12.0. The molecule has 2 aromatic rings. The highest BCUT2D eigenvalue weighted by Crippen LogP contribution is 2.17. The summed E-state index contributed by atoms with van der Waals surface area (Å²) >= 11 is 1.44. The van der Waals surface area contributed by atoms with E-state index in [0.717, 1.165) is 11.6 Å². The largest absolute Gasteiger partial charge is 0.272 e. The topological polar surface area (TPSA) is 101 Å². The van der Waals surface area contributed by atoms with Crippen molar-refractivity contribution in [3.05, 3.63) is 75.8 Å². The van der Waals surface area contributed by atoms with E-state index in [1.807, 2.05) is 30.3 Å². The van der Waals surface area contributed by atoms with E-state index in [1.54, 1.807) is 6.92 Å². The zero-order valence-corrected chi connectivity index (χ0v) is 14.3. The van der Waals surface area contributed by atoms with Gasteiger partial charge in [-0.25, -0.2) is 0 Å². The third kappa shape index (κ3) is 5.61. The fraction of sp³-hybridized carbons (Fsp3) is 0.176. The molecule has 130 valence electrons. The fourth-order valence-electron chi connectivity index (χ4n) is 1.92. The van der Waals surface area contributed by atoms with E-state index in [1.165, 1.54) is 30.0 Å². The van der Waals surface area contributed by atoms with Crippen molar-refractivity contribution in [2.75, 3.05) is 0 Å². The van der Waals surface area contributed by atoms with Crippen LogP contribution in [0.15, 0.2) is 54.6 Å². The normalized spacial score (nSPS) is 11.4. The van der Waals surface area contributed by atoms with Crippen LogP contribution in [0.1, 0.15) is 22.8 Å². The van der Waals surface area contributed by atoms with Crippen LogP contribution in [0.5, 0.6) is 0 Å². The molecule has 7 nitrogen and oxygen atoms in total. The molecule has 0 spiro atoms. The van der Waals surface area contributed by atoms with Gasteiger partial charge in [-0.15, -0.1) is 11.8 Å². The van der Waals surface area contributed by atoms with Crippen LogP contribution >= 0.6 is 11.8 Å². The second-order valence-corrected chi connectivity index (χ2v) is 6.52. The van der Waals surface area contributed by atoms with Gasteiger partial charge in [0.25, 0.3) is 17.5 Å². The molecule has 0 heterocycles. The van der Waals surface area contributed by atoms with Gasteiger partial charge in [-0.1, -0.05) is 36.4 Å². The molecule has 0 saturated carbocycles. The third-order valence-corrected chi connectivity index (χ3v) is 4.54. The van der Waals surface area contributed by atoms with E-state index in [-0.39, 0.29) is 22.4 Å². The zero-order valence-electron chi connectivity index (χ0n) is 13.5. The lowest BCUT2D eigenvalue weighted by Crippen LogP contribution is -2.44. The summed E-state index contributed by atoms with van der Waals surface area (Å²) in [4.78, 5) is 34.1. The van der Waals surface area contributed by atoms with Crippen molar-refractivity contribution in [3.8, 4) is 0 Å². The van der Waals surface area contributed by atoms with Gasteiger partial charge in [-0.2, -0.15) is 0 Å². The van der Waals surface area contributed by atoms with Crippen LogP contribution < -0.4 is 10.9 Å². The molecular formula is C17H17N3O4S. The monoisotopic (exact) mass is 359 g/mol. The summed E-state index contributed by atoms with van der Waals surface area (Å²) in [6, 6.07) is 15.0. The molecule has 1 atom stereocenters. The predicted molar refractivity (Wildman–Crippen MR) is 95.9 cm³/mol. The first-order chi connectivity index (χ1) is 12.0. The average Bonchev–Trinajstić information content (AvgIpc) is 2.64. The SMILES string of the molecule is C[C@H](SCc1ccccc1)C(=O)NNC(=O)c1cccc([N+](=O)[O-])c1. The van der Waals surface area contributed by atoms with Crippen molar-refractivity contribution in [2.45, 2.75) is 17.9 Å². The second-order valence-electron chi connectivity index (χ2n) is 5.19. The Balaban J connectivity index is 1.83. The molecule has 0 radical (unpaired) electrons. The second kappa shape index (κ2) is 8.84. The number of hydrogen-bond acceptors (Lipinski definition) is 5. The van der Waals surface area contributed by atoms with Crippen LogP contribution in [0, 0.1) is 10.1 Å². The number of carbonyl (C=O) groups is 2. The number of non-ortho nitro benzene ring substituents is 1. The van der Waals surface area contributed by atoms with E-state index in [0.29, 0.717) is 5.75 Å². The zero-order chi connectivity index (χ0) is 18.2. The van der Waals surface area contributed by atoms with Crippen molar-refractivity contribution in [3.63, 3.8) is 0 Å². The Morgan fingerprint density at radius 3 is 2.52 bits per heavy atom. The first-order valence-corrected chi connectivity index (χ1v) is 8.52. The molecule has 0 bridgehead atoms. The maximum Gasteiger partial charge on any atom is 0.270 e. The number of amides is 2. The number of nitro benzene ring substituents is 1. The Kier molecular flexibility index (Phi) is 6.53. The summed E-state index contributed by atoms with van der Waals surface area (Å²) in [6.45, 7) is 1.74. The van der Waals surface area contributed by atoms with Gasteiger partial charge in [0, 0.05) is 23.4 Å². The van der Waals surface area contributed by atoms with Crippen molar-refractivity contribution >= 4 is 29.3 Å². The molecule has 0 saturated heterocycles. The van der Waals surface area contributed by atoms with Crippen LogP contribution in [0.25, 0.3) is 0 Å². The van der Waals surface area contributed by atoms with Gasteiger partial charge in [-0.05, 0) is 18.6 Å². The summed E-state index contributed by atoms with van der Waals surface area (Å²) in [5, 5.41) is 10.4. The summed E-state index contributed by atoms with van der Waals surface area (Å²) in [5.41, 5.74) is 5.62. The number of hydrogen-bond donors (Lipinski definition) is 2. The van der Waals surface area contributed by atoms with Crippen LogP contribution in [-0.4, -0.2) is 22.0 Å². The Morgan fingerprint density at radius 1 is 1.12 bits per heavy atom. The smallest absolute Gasteiger partial charge is 0.270 e. The lowest BCUT2D eigenvalue weighted by atomic mass is 10.2. The number of carbonyl (C=O) groups excluding carboxylic acids is 2. The number of hydrazine groups is 1. The van der Waals surface area contributed by atoms with Gasteiger partial charge in [0.2, 0.25) is 0 Å². The van der Waals surface area contributed by atoms with E-state index in [4.69, 9.17) is 0 Å². The number of thioether (sulfide) groups is 1. The quantitative estimate of drug-likeness (QED) is 0.610. The Hall–Kier alpha value is -2.87. The lowest BCUT2D eigenvalue weighted by molar-refractivity contribution is -0.384. The molecular weight excluding hydrogens is 342 g/mol. The molecule has 2 N–H and O–H groups in total. The first kappa shape index (κ1) is 18.5. The van der Waals surface area contributed by atoms with Crippen molar-refractivity contribution in [1.29, 1.82) is 0 Å². The van der Waals surface area contributed by atoms with Crippen LogP contribution in [0.4, 0.5) is 5.69 Å². The molecule has 0 unspecified atom stereocenters. The molecule has 2 amide bonds. The molecule has 2 rings (SSSR count). The van der Waals surface area contributed by atoms with Crippen LogP contribution in [-0.2, 0) is 10.5 Å². The van der Waals surface area contributed by atoms with Crippen molar-refractivity contribution in [1.82, 2.24) is 10.9 Å². The maximum absolute atomic E-state index is 12.0. The van der Waals surface area contributed by atoms with E-state index in [9.17, 15) is 19.7 Å². The molecule has 8 heteroatoms. The average molecular weight is 359 g/mol. The molecule has 0 aliphatic heterocycles. The highest BCUT2D eigenvalue weighted by Gasteiger charge is 2.16. The first-order valence-electron chi connectivity index (χ1n) is 7.47. The van der Waals surface area contributed by atoms with Gasteiger partial charge in [0.15, 0.2) is 0 Å². The Morgan fingerprint density at radius 2 is 1.84 bits per heavy atom. The minimum absolute atomic E-state index is 0.0964. The van der Waals surface area contributed by atoms with Gasteiger partial charge in [0.1, 0.15) is 0 Å². The minimum atomic E-state index is -0.614. The lowest BCUT2D eigenvalue weighted by Gasteiger charge is -2.12. The Labute approximate surface area is 148 Å². The number of nitrogens with one attached hydrogen (secondary N) is 2. The molecule has 0 aromatic heterocycles. The standard InChI is InChI=1S/C17H17N3O4S/c1-12(25-11-13-6-3-2-4-7-13)16(21)18-19-17(22)14-8-5-9-15(10-14)20(23)24/h2-10,12H,11H2,1H3,(H,18,21)(H,19,22)/t12-/m0/s1. The summed E-state index contributed by atoms with van der Waals surface area (Å²) in [7, 11) is 0. The van der Waals surface area contributed by atoms with E-state index < -0.39 is 10.8 Å². The van der Waals surface area contributed by atoms with Gasteiger partial charge >= 0.3 is 0 Å². The highest BCUT2D eigenvalue weighted by molar-refractivity contribution is 7.99. The predicted octanol–water partition coefficient (Wildman–Crippen LogP) is 2.68. The number of rotatable bonds is 6. The fourth-order valence-corrected chi connectivity index (χ4v) is 2.77. The highest BCUT2D eigenvalue weighted by atomic mass is 32.2. The van der Waals surface area contributed by atoms with Gasteiger partial charge in [-0.3, -0.25) is 30.6 Å². The van der Waals surface area contributed by atoms with E-state index in [2.05, 4.69) is 10.9 Å². The van der Waals surface area contributed by atoms with Crippen LogP contribution in [0.2, 0.25) is 0 Å². The summed E-state index contributed by atoms with van der Waals surface area (Å²) in [5.74, 6) is -0.286. The number of benzene rings is 2. The molecule has 0 fully saturated rings. The van der Waals surface area contributed by atoms with Crippen molar-refractivity contribution in [2.24, 2.45) is 0 Å². The summed E-state index contributed by atoms with van der Waals surface area (Å²) in [6.07, 6.45) is 0. The van der Waals surface area contributed by atoms with Crippen molar-refractivity contribution < 1.29 is 14.5 Å². The van der Waals surface area contributed by atoms with Gasteiger partial charge < -0.3 is 0 Å². The Bertz CT molecular complexity index is 767. The number of nitro groups is 1. The molecule has 0 aliphatic rings.